The summed E-state index contributed by atoms with van der Waals surface area (Å²) in [5, 5.41) is 2.81. The maximum atomic E-state index is 11.7. The topological polar surface area (TPSA) is 12.0 Å². The predicted octanol–water partition coefficient (Wildman–Crippen LogP) is 3.45. The molecule has 1 nitrogen and oxygen atoms in total. The molecule has 0 aromatic heterocycles. The van der Waals surface area contributed by atoms with Crippen LogP contribution in [0.2, 0.25) is 0 Å². The Morgan fingerprint density at radius 3 is 2.27 bits per heavy atom. The van der Waals surface area contributed by atoms with E-state index in [9.17, 15) is 13.2 Å². The number of nitrogens with one attached hydrogen (secondary N) is 1. The summed E-state index contributed by atoms with van der Waals surface area (Å²) in [5.41, 5.74) is 0. The smallest absolute Gasteiger partial charge is 0.316 e. The molecule has 0 aliphatic rings. The lowest BCUT2D eigenvalue weighted by Crippen LogP contribution is -2.22. The molecule has 0 aliphatic heterocycles. The van der Waals surface area contributed by atoms with Gasteiger partial charge in [-0.2, -0.15) is 24.9 Å². The Labute approximate surface area is 94.2 Å². The predicted molar refractivity (Wildman–Crippen MR) is 60.4 cm³/mol. The quantitative estimate of drug-likeness (QED) is 0.622. The van der Waals surface area contributed by atoms with Crippen molar-refractivity contribution in [2.75, 3.05) is 25.1 Å². The highest BCUT2D eigenvalue weighted by atomic mass is 32.2. The third-order valence-electron chi connectivity index (χ3n) is 2.04. The van der Waals surface area contributed by atoms with Gasteiger partial charge in [0.1, 0.15) is 0 Å². The molecule has 15 heavy (non-hydrogen) atoms. The molecular weight excluding hydrogens is 223 g/mol. The zero-order valence-electron chi connectivity index (χ0n) is 9.20. The van der Waals surface area contributed by atoms with Crippen molar-refractivity contribution in [2.45, 2.75) is 38.3 Å². The van der Waals surface area contributed by atoms with Gasteiger partial charge in [0.05, 0.1) is 6.42 Å². The van der Waals surface area contributed by atoms with Crippen LogP contribution in [-0.4, -0.2) is 31.3 Å². The Morgan fingerprint density at radius 2 is 1.67 bits per heavy atom. The van der Waals surface area contributed by atoms with Crippen LogP contribution in [0.4, 0.5) is 13.2 Å². The normalized spacial score (nSPS) is 12.0. The summed E-state index contributed by atoms with van der Waals surface area (Å²) in [6.07, 6.45) is 1.82. The molecule has 5 heteroatoms. The van der Waals surface area contributed by atoms with Gasteiger partial charge in [-0.25, -0.2) is 0 Å². The van der Waals surface area contributed by atoms with Gasteiger partial charge >= 0.3 is 6.18 Å². The Hall–Kier alpha value is 0.100. The van der Waals surface area contributed by atoms with Gasteiger partial charge in [-0.05, 0) is 31.4 Å². The van der Waals surface area contributed by atoms with Crippen molar-refractivity contribution in [1.82, 2.24) is 5.32 Å². The highest BCUT2D eigenvalue weighted by molar-refractivity contribution is 7.98. The molecule has 0 fully saturated rings. The zero-order valence-corrected chi connectivity index (χ0v) is 10.0. The van der Waals surface area contributed by atoms with Crippen LogP contribution in [0.1, 0.15) is 32.1 Å². The third-order valence-corrected chi connectivity index (χ3v) is 2.73. The number of rotatable bonds is 9. The lowest BCUT2D eigenvalue weighted by atomic mass is 10.2. The van der Waals surface area contributed by atoms with Crippen molar-refractivity contribution in [3.8, 4) is 0 Å². The van der Waals surface area contributed by atoms with E-state index in [-0.39, 0.29) is 6.54 Å². The summed E-state index contributed by atoms with van der Waals surface area (Å²) in [6, 6.07) is 0. The number of halogens is 3. The molecule has 0 radical (unpaired) electrons. The molecular formula is C10H20F3NS. The van der Waals surface area contributed by atoms with Crippen LogP contribution in [0.25, 0.3) is 0 Å². The standard InChI is InChI=1S/C10H20F3NS/c1-15-9-5-3-2-4-7-14-8-6-10(11,12)13/h14H,2-9H2,1H3. The molecule has 92 valence electrons. The highest BCUT2D eigenvalue weighted by Gasteiger charge is 2.25. The zero-order chi connectivity index (χ0) is 11.6. The molecule has 0 saturated carbocycles. The second-order valence-electron chi connectivity index (χ2n) is 3.52. The molecule has 1 N–H and O–H groups in total. The van der Waals surface area contributed by atoms with E-state index in [1.807, 2.05) is 11.8 Å². The van der Waals surface area contributed by atoms with Gasteiger partial charge in [0.25, 0.3) is 0 Å². The van der Waals surface area contributed by atoms with Gasteiger partial charge in [-0.1, -0.05) is 12.8 Å². The van der Waals surface area contributed by atoms with E-state index in [4.69, 9.17) is 0 Å². The van der Waals surface area contributed by atoms with E-state index < -0.39 is 12.6 Å². The molecule has 0 amide bonds. The maximum Gasteiger partial charge on any atom is 0.390 e. The van der Waals surface area contributed by atoms with Crippen LogP contribution in [0.5, 0.6) is 0 Å². The van der Waals surface area contributed by atoms with Gasteiger partial charge in [0, 0.05) is 6.54 Å². The van der Waals surface area contributed by atoms with Crippen LogP contribution >= 0.6 is 11.8 Å². The van der Waals surface area contributed by atoms with Gasteiger partial charge in [0.15, 0.2) is 0 Å². The summed E-state index contributed by atoms with van der Waals surface area (Å²) in [7, 11) is 0. The first-order valence-corrected chi connectivity index (χ1v) is 6.72. The first-order valence-electron chi connectivity index (χ1n) is 5.32. The number of hydrogen-bond donors (Lipinski definition) is 1. The van der Waals surface area contributed by atoms with Crippen molar-refractivity contribution in [3.63, 3.8) is 0 Å². The second kappa shape index (κ2) is 9.33. The fraction of sp³-hybridized carbons (Fsp3) is 1.00. The van der Waals surface area contributed by atoms with Crippen LogP contribution < -0.4 is 5.32 Å². The van der Waals surface area contributed by atoms with E-state index in [0.29, 0.717) is 6.54 Å². The van der Waals surface area contributed by atoms with Crippen molar-refractivity contribution >= 4 is 11.8 Å². The first kappa shape index (κ1) is 15.1. The molecule has 0 unspecified atom stereocenters. The van der Waals surface area contributed by atoms with Gasteiger partial charge < -0.3 is 5.32 Å². The minimum atomic E-state index is -4.02. The maximum absolute atomic E-state index is 11.7. The summed E-state index contributed by atoms with van der Waals surface area (Å²) in [4.78, 5) is 0. The van der Waals surface area contributed by atoms with E-state index in [0.717, 1.165) is 12.8 Å². The van der Waals surface area contributed by atoms with E-state index in [1.54, 1.807) is 0 Å². The van der Waals surface area contributed by atoms with Crippen molar-refractivity contribution in [2.24, 2.45) is 0 Å². The molecule has 0 bridgehead atoms. The highest BCUT2D eigenvalue weighted by Crippen LogP contribution is 2.18. The summed E-state index contributed by atoms with van der Waals surface area (Å²) in [6.45, 7) is 0.754. The Bertz CT molecular complexity index is 139. The first-order chi connectivity index (χ1) is 7.06. The van der Waals surface area contributed by atoms with Gasteiger partial charge in [-0.3, -0.25) is 0 Å². The Kier molecular flexibility index (Phi) is 9.40. The molecule has 0 heterocycles. The lowest BCUT2D eigenvalue weighted by Gasteiger charge is -2.07. The van der Waals surface area contributed by atoms with E-state index in [2.05, 4.69) is 11.6 Å². The van der Waals surface area contributed by atoms with Crippen molar-refractivity contribution < 1.29 is 13.2 Å². The average Bonchev–Trinajstić information content (AvgIpc) is 2.14. The number of hydrogen-bond acceptors (Lipinski definition) is 2. The molecule has 0 rings (SSSR count). The number of unbranched alkanes of at least 4 members (excludes halogenated alkanes) is 3. The molecule has 0 aromatic rings. The van der Waals surface area contributed by atoms with Crippen molar-refractivity contribution in [3.05, 3.63) is 0 Å². The Morgan fingerprint density at radius 1 is 1.00 bits per heavy atom. The minimum Gasteiger partial charge on any atom is -0.316 e. The van der Waals surface area contributed by atoms with Gasteiger partial charge in [0.2, 0.25) is 0 Å². The Balaban J connectivity index is 2.99. The molecule has 0 saturated heterocycles. The second-order valence-corrected chi connectivity index (χ2v) is 4.51. The minimum absolute atomic E-state index is 0.0499. The number of thioether (sulfide) groups is 1. The SMILES string of the molecule is CSCCCCCCNCCC(F)(F)F. The molecule has 0 spiro atoms. The molecule has 0 aromatic carbocycles. The van der Waals surface area contributed by atoms with E-state index in [1.165, 1.54) is 18.6 Å². The largest absolute Gasteiger partial charge is 0.390 e. The monoisotopic (exact) mass is 243 g/mol. The van der Waals surface area contributed by atoms with Crippen molar-refractivity contribution in [1.29, 1.82) is 0 Å². The summed E-state index contributed by atoms with van der Waals surface area (Å²) in [5.74, 6) is 1.18. The number of alkyl halides is 3. The molecule has 0 aliphatic carbocycles. The van der Waals surface area contributed by atoms with Crippen LogP contribution in [-0.2, 0) is 0 Å². The fourth-order valence-electron chi connectivity index (χ4n) is 1.21. The van der Waals surface area contributed by atoms with E-state index >= 15 is 0 Å². The fourth-order valence-corrected chi connectivity index (χ4v) is 1.70. The summed E-state index contributed by atoms with van der Waals surface area (Å²) < 4.78 is 35.2. The van der Waals surface area contributed by atoms with Gasteiger partial charge in [-0.15, -0.1) is 0 Å². The lowest BCUT2D eigenvalue weighted by molar-refractivity contribution is -0.133. The van der Waals surface area contributed by atoms with Crippen LogP contribution in [0.3, 0.4) is 0 Å². The third kappa shape index (κ3) is 14.1. The average molecular weight is 243 g/mol. The van der Waals surface area contributed by atoms with Crippen LogP contribution in [0.15, 0.2) is 0 Å². The molecule has 0 atom stereocenters. The van der Waals surface area contributed by atoms with Crippen LogP contribution in [0, 0.1) is 0 Å². The summed E-state index contributed by atoms with van der Waals surface area (Å²) >= 11 is 1.84.